The molecule has 1 aromatic heterocycles. The summed E-state index contributed by atoms with van der Waals surface area (Å²) in [6.07, 6.45) is 1.41. The van der Waals surface area contributed by atoms with Crippen molar-refractivity contribution in [3.8, 4) is 11.6 Å². The minimum Gasteiger partial charge on any atom is -0.430 e. The van der Waals surface area contributed by atoms with Crippen LogP contribution < -0.4 is 4.74 Å². The Labute approximate surface area is 121 Å². The fourth-order valence-corrected chi connectivity index (χ4v) is 1.85. The molecular formula is C11H7BrClN3O3. The summed E-state index contributed by atoms with van der Waals surface area (Å²) in [5.41, 5.74) is 0.392. The van der Waals surface area contributed by atoms with Crippen LogP contribution >= 0.6 is 27.5 Å². The molecule has 0 N–H and O–H groups in total. The minimum atomic E-state index is -0.499. The molecule has 0 spiro atoms. The molecule has 0 unspecified atom stereocenters. The van der Waals surface area contributed by atoms with E-state index in [2.05, 4.69) is 25.9 Å². The Morgan fingerprint density at radius 1 is 1.47 bits per heavy atom. The Bertz CT molecular complexity index is 651. The number of hydrogen-bond acceptors (Lipinski definition) is 5. The molecule has 0 bridgehead atoms. The third-order valence-electron chi connectivity index (χ3n) is 2.27. The number of halogens is 2. The lowest BCUT2D eigenvalue weighted by molar-refractivity contribution is -0.386. The van der Waals surface area contributed by atoms with Crippen LogP contribution in [0.4, 0.5) is 5.69 Å². The van der Waals surface area contributed by atoms with Gasteiger partial charge in [-0.2, -0.15) is 4.98 Å². The van der Waals surface area contributed by atoms with Crippen LogP contribution in [-0.2, 0) is 0 Å². The van der Waals surface area contributed by atoms with E-state index in [9.17, 15) is 10.1 Å². The van der Waals surface area contributed by atoms with Crippen molar-refractivity contribution >= 4 is 33.2 Å². The average Bonchev–Trinajstić information content (AvgIpc) is 2.33. The summed E-state index contributed by atoms with van der Waals surface area (Å²) in [6.45, 7) is 1.63. The first-order chi connectivity index (χ1) is 8.99. The highest BCUT2D eigenvalue weighted by Gasteiger charge is 2.20. The van der Waals surface area contributed by atoms with E-state index in [1.54, 1.807) is 19.1 Å². The normalized spacial score (nSPS) is 10.3. The maximum atomic E-state index is 11.0. The predicted octanol–water partition coefficient (Wildman–Crippen LogP) is 3.90. The van der Waals surface area contributed by atoms with Crippen molar-refractivity contribution in [3.63, 3.8) is 0 Å². The fraction of sp³-hybridized carbons (Fsp3) is 0.0909. The highest BCUT2D eigenvalue weighted by atomic mass is 79.9. The second kappa shape index (κ2) is 5.50. The number of aryl methyl sites for hydroxylation is 1. The van der Waals surface area contributed by atoms with Gasteiger partial charge >= 0.3 is 5.69 Å². The zero-order valence-corrected chi connectivity index (χ0v) is 12.0. The molecule has 0 fully saturated rings. The Hall–Kier alpha value is -1.73. The summed E-state index contributed by atoms with van der Waals surface area (Å²) in [5.74, 6) is 0.217. The van der Waals surface area contributed by atoms with Crippen LogP contribution in [-0.4, -0.2) is 14.9 Å². The van der Waals surface area contributed by atoms with Gasteiger partial charge in [0.2, 0.25) is 16.9 Å². The van der Waals surface area contributed by atoms with Gasteiger partial charge in [0.25, 0.3) is 0 Å². The molecule has 0 amide bonds. The maximum Gasteiger partial charge on any atom is 0.314 e. The van der Waals surface area contributed by atoms with Gasteiger partial charge in [-0.05, 0) is 40.5 Å². The van der Waals surface area contributed by atoms with Crippen molar-refractivity contribution in [2.75, 3.05) is 0 Å². The zero-order chi connectivity index (χ0) is 14.0. The highest BCUT2D eigenvalue weighted by Crippen LogP contribution is 2.35. The molecule has 1 aromatic carbocycles. The van der Waals surface area contributed by atoms with Gasteiger partial charge in [0.1, 0.15) is 0 Å². The third kappa shape index (κ3) is 2.99. The third-order valence-corrected chi connectivity index (χ3v) is 3.00. The van der Waals surface area contributed by atoms with E-state index in [0.29, 0.717) is 10.0 Å². The molecule has 0 aliphatic carbocycles. The van der Waals surface area contributed by atoms with Gasteiger partial charge in [-0.3, -0.25) is 10.1 Å². The van der Waals surface area contributed by atoms with Crippen molar-refractivity contribution in [2.24, 2.45) is 0 Å². The second-order valence-corrected chi connectivity index (χ2v) is 4.77. The Morgan fingerprint density at radius 2 is 2.21 bits per heavy atom. The molecule has 19 heavy (non-hydrogen) atoms. The van der Waals surface area contributed by atoms with Gasteiger partial charge in [-0.1, -0.05) is 12.1 Å². The zero-order valence-electron chi connectivity index (χ0n) is 9.63. The van der Waals surface area contributed by atoms with Crippen LogP contribution in [0, 0.1) is 17.0 Å². The van der Waals surface area contributed by atoms with Crippen molar-refractivity contribution in [2.45, 2.75) is 6.92 Å². The molecule has 2 aromatic rings. The molecule has 0 radical (unpaired) electrons. The number of aromatic nitrogens is 2. The lowest BCUT2D eigenvalue weighted by atomic mass is 10.2. The van der Waals surface area contributed by atoms with Crippen LogP contribution in [0.2, 0.25) is 5.28 Å². The molecule has 0 saturated heterocycles. The molecule has 0 aliphatic heterocycles. The highest BCUT2D eigenvalue weighted by molar-refractivity contribution is 9.10. The molecule has 8 heteroatoms. The summed E-state index contributed by atoms with van der Waals surface area (Å²) >= 11 is 8.85. The number of benzene rings is 1. The quantitative estimate of drug-likeness (QED) is 0.479. The fourth-order valence-electron chi connectivity index (χ4n) is 1.46. The number of nitro benzene ring substituents is 1. The monoisotopic (exact) mass is 343 g/mol. The molecule has 0 aliphatic rings. The first kappa shape index (κ1) is 13.7. The number of hydrogen-bond donors (Lipinski definition) is 0. The molecular weight excluding hydrogens is 337 g/mol. The summed E-state index contributed by atoms with van der Waals surface area (Å²) in [4.78, 5) is 18.2. The van der Waals surface area contributed by atoms with E-state index in [-0.39, 0.29) is 22.6 Å². The van der Waals surface area contributed by atoms with Crippen molar-refractivity contribution < 1.29 is 9.66 Å². The van der Waals surface area contributed by atoms with Crippen LogP contribution in [0.25, 0.3) is 0 Å². The number of rotatable bonds is 3. The number of ether oxygens (including phenoxy) is 1. The second-order valence-electron chi connectivity index (χ2n) is 3.57. The molecule has 1 heterocycles. The Morgan fingerprint density at radius 3 is 2.89 bits per heavy atom. The van der Waals surface area contributed by atoms with E-state index in [4.69, 9.17) is 16.3 Å². The first-order valence-corrected chi connectivity index (χ1v) is 6.26. The van der Waals surface area contributed by atoms with Gasteiger partial charge in [0.15, 0.2) is 0 Å². The minimum absolute atomic E-state index is 0.00601. The van der Waals surface area contributed by atoms with Gasteiger partial charge in [0, 0.05) is 11.8 Å². The SMILES string of the molecule is Cc1cccc(Oc2nc(Cl)ncc2Br)c1[N+](=O)[O-]. The predicted molar refractivity (Wildman–Crippen MR) is 72.6 cm³/mol. The number of nitro groups is 1. The van der Waals surface area contributed by atoms with Gasteiger partial charge in [-0.25, -0.2) is 4.98 Å². The van der Waals surface area contributed by atoms with Gasteiger partial charge in [-0.15, -0.1) is 0 Å². The average molecular weight is 345 g/mol. The number of nitrogens with zero attached hydrogens (tertiary/aromatic N) is 3. The summed E-state index contributed by atoms with van der Waals surface area (Å²) in [5, 5.41) is 11.0. The van der Waals surface area contributed by atoms with E-state index >= 15 is 0 Å². The van der Waals surface area contributed by atoms with Crippen LogP contribution in [0.15, 0.2) is 28.9 Å². The first-order valence-electron chi connectivity index (χ1n) is 5.09. The van der Waals surface area contributed by atoms with Gasteiger partial charge < -0.3 is 4.74 Å². The van der Waals surface area contributed by atoms with E-state index < -0.39 is 4.92 Å². The smallest absolute Gasteiger partial charge is 0.314 e. The van der Waals surface area contributed by atoms with Gasteiger partial charge in [0.05, 0.1) is 9.40 Å². The molecule has 98 valence electrons. The maximum absolute atomic E-state index is 11.0. The lowest BCUT2D eigenvalue weighted by Gasteiger charge is -2.08. The Balaban J connectivity index is 2.46. The van der Waals surface area contributed by atoms with Crippen molar-refractivity contribution in [3.05, 3.63) is 49.8 Å². The summed E-state index contributed by atoms with van der Waals surface area (Å²) in [7, 11) is 0. The topological polar surface area (TPSA) is 78.2 Å². The van der Waals surface area contributed by atoms with Crippen LogP contribution in [0.3, 0.4) is 0 Å². The molecule has 0 saturated carbocycles. The molecule has 2 rings (SSSR count). The van der Waals surface area contributed by atoms with E-state index in [0.717, 1.165) is 0 Å². The van der Waals surface area contributed by atoms with Crippen molar-refractivity contribution in [1.29, 1.82) is 0 Å². The van der Waals surface area contributed by atoms with Crippen molar-refractivity contribution in [1.82, 2.24) is 9.97 Å². The molecule has 6 nitrogen and oxygen atoms in total. The standard InChI is InChI=1S/C11H7BrClN3O3/c1-6-3-2-4-8(9(6)16(17)18)19-10-7(12)5-14-11(13)15-10/h2-5H,1H3. The summed E-state index contributed by atoms with van der Waals surface area (Å²) in [6, 6.07) is 4.79. The molecule has 0 atom stereocenters. The Kier molecular flexibility index (Phi) is 3.96. The van der Waals surface area contributed by atoms with Crippen LogP contribution in [0.5, 0.6) is 11.6 Å². The number of para-hydroxylation sites is 1. The largest absolute Gasteiger partial charge is 0.430 e. The van der Waals surface area contributed by atoms with E-state index in [1.165, 1.54) is 12.3 Å². The summed E-state index contributed by atoms with van der Waals surface area (Å²) < 4.78 is 5.89. The lowest BCUT2D eigenvalue weighted by Crippen LogP contribution is -1.98. The van der Waals surface area contributed by atoms with Crippen LogP contribution in [0.1, 0.15) is 5.56 Å². The van der Waals surface area contributed by atoms with E-state index in [1.807, 2.05) is 0 Å².